The van der Waals surface area contributed by atoms with Crippen LogP contribution in [0.4, 0.5) is 14.9 Å². The molecule has 0 unspecified atom stereocenters. The fourth-order valence-corrected chi connectivity index (χ4v) is 4.00. The van der Waals surface area contributed by atoms with Crippen LogP contribution in [-0.2, 0) is 14.4 Å². The van der Waals surface area contributed by atoms with Crippen molar-refractivity contribution in [1.29, 1.82) is 0 Å². The van der Waals surface area contributed by atoms with Crippen molar-refractivity contribution in [2.75, 3.05) is 25.1 Å². The molecule has 1 aliphatic rings. The molecule has 0 aromatic heterocycles. The highest BCUT2D eigenvalue weighted by molar-refractivity contribution is 8.18. The van der Waals surface area contributed by atoms with Gasteiger partial charge in [-0.3, -0.25) is 19.3 Å². The number of carbonyl (C=O) groups excluding carboxylic acids is 3. The number of carboxylic acid groups (broad SMARTS) is 1. The van der Waals surface area contributed by atoms with E-state index in [0.717, 1.165) is 11.0 Å². The standard InChI is InChI=1S/C22H18ClFN2O7S/c1-2-32-16-8-12(7-13(23)20(16)33-11-19(28)29)9-17-21(30)26(22(31)34-17)10-18(27)25-15-6-4-3-5-14(15)24/h3-9H,2,10-11H2,1H3,(H,25,27)(H,28,29)/b17-9-. The van der Waals surface area contributed by atoms with Gasteiger partial charge in [-0.2, -0.15) is 0 Å². The van der Waals surface area contributed by atoms with Gasteiger partial charge in [0.1, 0.15) is 12.4 Å². The molecule has 2 N–H and O–H groups in total. The van der Waals surface area contributed by atoms with Gasteiger partial charge in [0.15, 0.2) is 18.1 Å². The van der Waals surface area contributed by atoms with Crippen LogP contribution >= 0.6 is 23.4 Å². The Hall–Kier alpha value is -3.57. The van der Waals surface area contributed by atoms with Gasteiger partial charge in [-0.25, -0.2) is 9.18 Å². The van der Waals surface area contributed by atoms with E-state index in [1.165, 1.54) is 36.4 Å². The lowest BCUT2D eigenvalue weighted by atomic mass is 10.1. The number of anilines is 1. The van der Waals surface area contributed by atoms with Gasteiger partial charge in [0, 0.05) is 0 Å². The Balaban J connectivity index is 1.78. The molecule has 0 atom stereocenters. The number of nitrogens with one attached hydrogen (secondary N) is 1. The summed E-state index contributed by atoms with van der Waals surface area (Å²) in [7, 11) is 0. The Bertz CT molecular complexity index is 1190. The number of aliphatic carboxylic acids is 1. The first-order valence-corrected chi connectivity index (χ1v) is 11.0. The van der Waals surface area contributed by atoms with Gasteiger partial charge in [-0.05, 0) is 54.6 Å². The van der Waals surface area contributed by atoms with Crippen molar-refractivity contribution in [3.63, 3.8) is 0 Å². The number of thioether (sulfide) groups is 1. The maximum absolute atomic E-state index is 13.7. The summed E-state index contributed by atoms with van der Waals surface area (Å²) >= 11 is 6.83. The zero-order chi connectivity index (χ0) is 24.8. The van der Waals surface area contributed by atoms with E-state index in [-0.39, 0.29) is 33.7 Å². The van der Waals surface area contributed by atoms with E-state index in [0.29, 0.717) is 17.3 Å². The zero-order valence-corrected chi connectivity index (χ0v) is 19.2. The van der Waals surface area contributed by atoms with E-state index >= 15 is 0 Å². The Labute approximate surface area is 202 Å². The summed E-state index contributed by atoms with van der Waals surface area (Å²) in [5.74, 6) is -3.11. The minimum absolute atomic E-state index is 0.0287. The number of hydrogen-bond donors (Lipinski definition) is 2. The third kappa shape index (κ3) is 6.06. The van der Waals surface area contributed by atoms with Crippen molar-refractivity contribution in [3.05, 3.63) is 57.7 Å². The molecule has 0 saturated carbocycles. The average Bonchev–Trinajstić information content (AvgIpc) is 3.02. The highest BCUT2D eigenvalue weighted by Gasteiger charge is 2.36. The van der Waals surface area contributed by atoms with Gasteiger partial charge in [0.2, 0.25) is 5.91 Å². The number of imide groups is 1. The molecule has 1 fully saturated rings. The monoisotopic (exact) mass is 508 g/mol. The predicted molar refractivity (Wildman–Crippen MR) is 123 cm³/mol. The van der Waals surface area contributed by atoms with E-state index in [1.54, 1.807) is 6.92 Å². The summed E-state index contributed by atoms with van der Waals surface area (Å²) in [5.41, 5.74) is 0.316. The number of nitrogens with zero attached hydrogens (tertiary/aromatic N) is 1. The molecule has 1 heterocycles. The van der Waals surface area contributed by atoms with Gasteiger partial charge < -0.3 is 19.9 Å². The molecule has 1 saturated heterocycles. The minimum atomic E-state index is -1.20. The summed E-state index contributed by atoms with van der Waals surface area (Å²) in [5, 5.41) is 10.5. The number of ether oxygens (including phenoxy) is 2. The highest BCUT2D eigenvalue weighted by atomic mass is 35.5. The Morgan fingerprint density at radius 3 is 2.65 bits per heavy atom. The summed E-state index contributed by atoms with van der Waals surface area (Å²) in [6.07, 6.45) is 1.38. The molecule has 2 aromatic carbocycles. The van der Waals surface area contributed by atoms with Crippen molar-refractivity contribution >= 4 is 58.1 Å². The molecule has 0 radical (unpaired) electrons. The topological polar surface area (TPSA) is 122 Å². The molecule has 0 aliphatic carbocycles. The van der Waals surface area contributed by atoms with Crippen LogP contribution < -0.4 is 14.8 Å². The van der Waals surface area contributed by atoms with Crippen LogP contribution in [0.5, 0.6) is 11.5 Å². The van der Waals surface area contributed by atoms with E-state index in [2.05, 4.69) is 5.32 Å². The molecule has 3 amide bonds. The maximum Gasteiger partial charge on any atom is 0.341 e. The zero-order valence-electron chi connectivity index (χ0n) is 17.7. The SMILES string of the molecule is CCOc1cc(/C=C2\SC(=O)N(CC(=O)Nc3ccccc3F)C2=O)cc(Cl)c1OCC(=O)O. The summed E-state index contributed by atoms with van der Waals surface area (Å²) in [4.78, 5) is 48.9. The molecule has 0 spiro atoms. The number of hydrogen-bond acceptors (Lipinski definition) is 7. The number of carboxylic acids is 1. The summed E-state index contributed by atoms with van der Waals surface area (Å²) in [6.45, 7) is 0.715. The third-order valence-electron chi connectivity index (χ3n) is 4.29. The number of para-hydroxylation sites is 1. The second-order valence-corrected chi connectivity index (χ2v) is 8.14. The lowest BCUT2D eigenvalue weighted by Gasteiger charge is -2.14. The first-order valence-electron chi connectivity index (χ1n) is 9.80. The fourth-order valence-electron chi connectivity index (χ4n) is 2.89. The predicted octanol–water partition coefficient (Wildman–Crippen LogP) is 4.02. The molecular weight excluding hydrogens is 491 g/mol. The van der Waals surface area contributed by atoms with Crippen molar-refractivity contribution < 1.29 is 38.1 Å². The minimum Gasteiger partial charge on any atom is -0.490 e. The Kier molecular flexibility index (Phi) is 8.13. The van der Waals surface area contributed by atoms with Crippen molar-refractivity contribution in [1.82, 2.24) is 4.90 Å². The molecule has 1 aliphatic heterocycles. The van der Waals surface area contributed by atoms with Crippen molar-refractivity contribution in [2.45, 2.75) is 6.92 Å². The van der Waals surface area contributed by atoms with Crippen LogP contribution in [0.15, 0.2) is 41.3 Å². The highest BCUT2D eigenvalue weighted by Crippen LogP contribution is 2.39. The molecule has 178 valence electrons. The lowest BCUT2D eigenvalue weighted by molar-refractivity contribution is -0.139. The number of rotatable bonds is 9. The molecular formula is C22H18ClFN2O7S. The molecule has 34 heavy (non-hydrogen) atoms. The van der Waals surface area contributed by atoms with Crippen LogP contribution in [0.1, 0.15) is 12.5 Å². The maximum atomic E-state index is 13.7. The van der Waals surface area contributed by atoms with Crippen LogP contribution in [-0.4, -0.2) is 52.8 Å². The average molecular weight is 509 g/mol. The Morgan fingerprint density at radius 2 is 1.97 bits per heavy atom. The number of halogens is 2. The molecule has 0 bridgehead atoms. The van der Waals surface area contributed by atoms with Gasteiger partial charge in [0.05, 0.1) is 22.2 Å². The summed E-state index contributed by atoms with van der Waals surface area (Å²) < 4.78 is 24.4. The number of carbonyl (C=O) groups is 4. The normalized spacial score (nSPS) is 14.4. The fraction of sp³-hybridized carbons (Fsp3) is 0.182. The van der Waals surface area contributed by atoms with Crippen molar-refractivity contribution in [2.24, 2.45) is 0 Å². The van der Waals surface area contributed by atoms with Gasteiger partial charge in [-0.15, -0.1) is 0 Å². The molecule has 9 nitrogen and oxygen atoms in total. The second kappa shape index (κ2) is 11.0. The van der Waals surface area contributed by atoms with Crippen LogP contribution in [0.2, 0.25) is 5.02 Å². The molecule has 12 heteroatoms. The van der Waals surface area contributed by atoms with Crippen molar-refractivity contribution in [3.8, 4) is 11.5 Å². The quantitative estimate of drug-likeness (QED) is 0.487. The smallest absolute Gasteiger partial charge is 0.341 e. The van der Waals surface area contributed by atoms with Crippen LogP contribution in [0.25, 0.3) is 6.08 Å². The van der Waals surface area contributed by atoms with Gasteiger partial charge in [-0.1, -0.05) is 23.7 Å². The van der Waals surface area contributed by atoms with E-state index in [1.807, 2.05) is 0 Å². The third-order valence-corrected chi connectivity index (χ3v) is 5.48. The van der Waals surface area contributed by atoms with E-state index in [9.17, 15) is 23.6 Å². The number of amides is 3. The van der Waals surface area contributed by atoms with Gasteiger partial charge >= 0.3 is 5.97 Å². The van der Waals surface area contributed by atoms with Crippen LogP contribution in [0.3, 0.4) is 0 Å². The van der Waals surface area contributed by atoms with E-state index < -0.39 is 42.0 Å². The Morgan fingerprint density at radius 1 is 1.24 bits per heavy atom. The largest absolute Gasteiger partial charge is 0.490 e. The molecule has 2 aromatic rings. The van der Waals surface area contributed by atoms with Crippen LogP contribution in [0, 0.1) is 5.82 Å². The summed E-state index contributed by atoms with van der Waals surface area (Å²) in [6, 6.07) is 8.40. The second-order valence-electron chi connectivity index (χ2n) is 6.74. The lowest BCUT2D eigenvalue weighted by Crippen LogP contribution is -2.36. The first-order chi connectivity index (χ1) is 16.2. The molecule has 3 rings (SSSR count). The van der Waals surface area contributed by atoms with E-state index in [4.69, 9.17) is 26.2 Å². The van der Waals surface area contributed by atoms with Gasteiger partial charge in [0.25, 0.3) is 11.1 Å². The number of benzene rings is 2. The first kappa shape index (κ1) is 25.1.